The van der Waals surface area contributed by atoms with Crippen LogP contribution >= 0.6 is 0 Å². The molecule has 0 aromatic heterocycles. The van der Waals surface area contributed by atoms with Crippen molar-refractivity contribution in [3.8, 4) is 0 Å². The van der Waals surface area contributed by atoms with Gasteiger partial charge in [-0.3, -0.25) is 4.79 Å². The van der Waals surface area contributed by atoms with E-state index >= 15 is 0 Å². The van der Waals surface area contributed by atoms with Gasteiger partial charge in [0.15, 0.2) is 0 Å². The summed E-state index contributed by atoms with van der Waals surface area (Å²) in [4.78, 5) is 14.9. The van der Waals surface area contributed by atoms with Gasteiger partial charge in [-0.2, -0.15) is 0 Å². The molecule has 0 bridgehead atoms. The van der Waals surface area contributed by atoms with Gasteiger partial charge in [-0.15, -0.1) is 0 Å². The molecule has 0 saturated carbocycles. The second kappa shape index (κ2) is 5.96. The van der Waals surface area contributed by atoms with Gasteiger partial charge in [0.05, 0.1) is 6.04 Å². The molecular weight excluding hydrogens is 248 g/mol. The fourth-order valence-electron chi connectivity index (χ4n) is 3.57. The molecule has 1 amide bonds. The van der Waals surface area contributed by atoms with E-state index in [0.717, 1.165) is 38.8 Å². The Hall–Kier alpha value is -1.35. The molecule has 3 atom stereocenters. The lowest BCUT2D eigenvalue weighted by Gasteiger charge is -2.29. The number of likely N-dealkylation sites (tertiary alicyclic amines) is 1. The first-order valence-corrected chi connectivity index (χ1v) is 7.83. The third-order valence-corrected chi connectivity index (χ3v) is 4.77. The highest BCUT2D eigenvalue weighted by Crippen LogP contribution is 2.25. The number of carbonyl (C=O) groups excluding carboxylic acids is 1. The average Bonchev–Trinajstić information content (AvgIpc) is 3.08. The lowest BCUT2D eigenvalue weighted by Crippen LogP contribution is -2.48. The first kappa shape index (κ1) is 13.6. The molecule has 1 N–H and O–H groups in total. The Kier molecular flexibility index (Phi) is 4.06. The molecule has 3 heteroatoms. The van der Waals surface area contributed by atoms with Gasteiger partial charge in [0.25, 0.3) is 0 Å². The fourth-order valence-corrected chi connectivity index (χ4v) is 3.57. The maximum atomic E-state index is 12.7. The van der Waals surface area contributed by atoms with Crippen molar-refractivity contribution in [3.63, 3.8) is 0 Å². The molecule has 3 unspecified atom stereocenters. The van der Waals surface area contributed by atoms with E-state index in [1.807, 2.05) is 6.07 Å². The van der Waals surface area contributed by atoms with Crippen LogP contribution in [0.5, 0.6) is 0 Å². The van der Waals surface area contributed by atoms with Gasteiger partial charge in [0.1, 0.15) is 0 Å². The first-order valence-electron chi connectivity index (χ1n) is 7.83. The zero-order valence-electron chi connectivity index (χ0n) is 12.2. The van der Waals surface area contributed by atoms with Crippen molar-refractivity contribution in [1.82, 2.24) is 10.2 Å². The van der Waals surface area contributed by atoms with Crippen molar-refractivity contribution in [3.05, 3.63) is 35.9 Å². The monoisotopic (exact) mass is 272 g/mol. The summed E-state index contributed by atoms with van der Waals surface area (Å²) in [7, 11) is 0. The number of amides is 1. The van der Waals surface area contributed by atoms with E-state index in [2.05, 4.69) is 41.4 Å². The number of hydrogen-bond acceptors (Lipinski definition) is 2. The van der Waals surface area contributed by atoms with E-state index in [9.17, 15) is 4.79 Å². The summed E-state index contributed by atoms with van der Waals surface area (Å²) in [5.41, 5.74) is 1.34. The topological polar surface area (TPSA) is 32.3 Å². The number of hydrogen-bond donors (Lipinski definition) is 1. The van der Waals surface area contributed by atoms with Crippen molar-refractivity contribution in [2.45, 2.75) is 44.7 Å². The first-order chi connectivity index (χ1) is 9.75. The Morgan fingerprint density at radius 1 is 1.30 bits per heavy atom. The third-order valence-electron chi connectivity index (χ3n) is 4.77. The van der Waals surface area contributed by atoms with Crippen LogP contribution in [-0.2, 0) is 11.2 Å². The summed E-state index contributed by atoms with van der Waals surface area (Å²) >= 11 is 0. The van der Waals surface area contributed by atoms with E-state index in [4.69, 9.17) is 0 Å². The van der Waals surface area contributed by atoms with Gasteiger partial charge in [0, 0.05) is 12.6 Å². The highest BCUT2D eigenvalue weighted by Gasteiger charge is 2.37. The third kappa shape index (κ3) is 2.73. The molecule has 0 aliphatic carbocycles. The zero-order valence-corrected chi connectivity index (χ0v) is 12.2. The summed E-state index contributed by atoms with van der Waals surface area (Å²) < 4.78 is 0. The molecule has 2 heterocycles. The van der Waals surface area contributed by atoms with Gasteiger partial charge < -0.3 is 10.2 Å². The molecule has 0 spiro atoms. The van der Waals surface area contributed by atoms with Crippen LogP contribution in [0.25, 0.3) is 0 Å². The minimum Gasteiger partial charge on any atom is -0.338 e. The van der Waals surface area contributed by atoms with Crippen LogP contribution in [0, 0.1) is 5.92 Å². The van der Waals surface area contributed by atoms with Gasteiger partial charge in [-0.25, -0.2) is 0 Å². The summed E-state index contributed by atoms with van der Waals surface area (Å²) in [6, 6.07) is 11.0. The molecule has 2 aliphatic rings. The zero-order chi connectivity index (χ0) is 13.9. The van der Waals surface area contributed by atoms with Gasteiger partial charge >= 0.3 is 0 Å². The average molecular weight is 272 g/mol. The predicted molar refractivity (Wildman–Crippen MR) is 80.5 cm³/mol. The number of nitrogens with zero attached hydrogens (tertiary/aromatic N) is 1. The van der Waals surface area contributed by atoms with Crippen LogP contribution in [0.1, 0.15) is 31.7 Å². The largest absolute Gasteiger partial charge is 0.338 e. The Bertz CT molecular complexity index is 459. The smallest absolute Gasteiger partial charge is 0.240 e. The van der Waals surface area contributed by atoms with E-state index in [1.165, 1.54) is 5.56 Å². The second-order valence-corrected chi connectivity index (χ2v) is 6.22. The van der Waals surface area contributed by atoms with Crippen LogP contribution in [0.2, 0.25) is 0 Å². The highest BCUT2D eigenvalue weighted by atomic mass is 16.2. The SMILES string of the molecule is CC1CCNC1C(=O)N1CCCC1Cc1ccccc1. The number of benzene rings is 1. The highest BCUT2D eigenvalue weighted by molar-refractivity contribution is 5.83. The van der Waals surface area contributed by atoms with E-state index in [-0.39, 0.29) is 6.04 Å². The fraction of sp³-hybridized carbons (Fsp3) is 0.588. The van der Waals surface area contributed by atoms with E-state index < -0.39 is 0 Å². The molecule has 1 aromatic carbocycles. The number of nitrogens with one attached hydrogen (secondary N) is 1. The molecule has 2 fully saturated rings. The number of rotatable bonds is 3. The summed E-state index contributed by atoms with van der Waals surface area (Å²) in [6.45, 7) is 4.10. The quantitative estimate of drug-likeness (QED) is 0.915. The molecular formula is C17H24N2O. The van der Waals surface area contributed by atoms with Crippen molar-refractivity contribution >= 4 is 5.91 Å². The maximum Gasteiger partial charge on any atom is 0.240 e. The van der Waals surface area contributed by atoms with Gasteiger partial charge in [0.2, 0.25) is 5.91 Å². The lowest BCUT2D eigenvalue weighted by atomic mass is 10.00. The Labute approximate surface area is 121 Å². The van der Waals surface area contributed by atoms with E-state index in [1.54, 1.807) is 0 Å². The summed E-state index contributed by atoms with van der Waals surface area (Å²) in [5, 5.41) is 3.38. The predicted octanol–water partition coefficient (Wildman–Crippen LogP) is 2.22. The molecule has 0 radical (unpaired) electrons. The molecule has 1 aromatic rings. The minimum atomic E-state index is 0.0476. The van der Waals surface area contributed by atoms with Crippen molar-refractivity contribution in [1.29, 1.82) is 0 Å². The Morgan fingerprint density at radius 2 is 2.10 bits per heavy atom. The van der Waals surface area contributed by atoms with Crippen molar-refractivity contribution in [2.75, 3.05) is 13.1 Å². The minimum absolute atomic E-state index is 0.0476. The van der Waals surface area contributed by atoms with Crippen LogP contribution in [0.4, 0.5) is 0 Å². The molecule has 3 rings (SSSR count). The van der Waals surface area contributed by atoms with E-state index in [0.29, 0.717) is 17.9 Å². The van der Waals surface area contributed by atoms with Crippen molar-refractivity contribution in [2.24, 2.45) is 5.92 Å². The summed E-state index contributed by atoms with van der Waals surface area (Å²) in [6.07, 6.45) is 4.40. The second-order valence-electron chi connectivity index (χ2n) is 6.22. The van der Waals surface area contributed by atoms with Gasteiger partial charge in [-0.05, 0) is 43.7 Å². The Morgan fingerprint density at radius 3 is 2.80 bits per heavy atom. The molecule has 108 valence electrons. The maximum absolute atomic E-state index is 12.7. The normalized spacial score (nSPS) is 29.9. The van der Waals surface area contributed by atoms with Crippen LogP contribution < -0.4 is 5.32 Å². The van der Waals surface area contributed by atoms with Crippen LogP contribution in [0.15, 0.2) is 30.3 Å². The van der Waals surface area contributed by atoms with Gasteiger partial charge in [-0.1, -0.05) is 37.3 Å². The van der Waals surface area contributed by atoms with Crippen LogP contribution in [0.3, 0.4) is 0 Å². The molecule has 2 aliphatic heterocycles. The lowest BCUT2D eigenvalue weighted by molar-refractivity contribution is -0.134. The summed E-state index contributed by atoms with van der Waals surface area (Å²) in [5.74, 6) is 0.800. The van der Waals surface area contributed by atoms with Crippen molar-refractivity contribution < 1.29 is 4.79 Å². The standard InChI is InChI=1S/C17H24N2O/c1-13-9-10-18-16(13)17(20)19-11-5-8-15(19)12-14-6-3-2-4-7-14/h2-4,6-7,13,15-16,18H,5,8-12H2,1H3. The molecule has 3 nitrogen and oxygen atoms in total. The Balaban J connectivity index is 1.67. The molecule has 20 heavy (non-hydrogen) atoms. The van der Waals surface area contributed by atoms with Crippen LogP contribution in [-0.4, -0.2) is 36.0 Å². The number of carbonyl (C=O) groups is 1. The molecule has 2 saturated heterocycles.